The number of anilines is 1. The Morgan fingerprint density at radius 3 is 2.18 bits per heavy atom. The number of benzene rings is 3. The molecular weight excluding hydrogens is 462 g/mol. The minimum Gasteiger partial charge on any atom is -0.283 e. The van der Waals surface area contributed by atoms with Gasteiger partial charge in [0.2, 0.25) is 5.91 Å². The van der Waals surface area contributed by atoms with E-state index in [4.69, 9.17) is 16.6 Å². The number of carbonyl (C=O) groups is 1. The van der Waals surface area contributed by atoms with Gasteiger partial charge in [-0.25, -0.2) is 4.98 Å². The van der Waals surface area contributed by atoms with Crippen LogP contribution in [-0.4, -0.2) is 15.9 Å². The summed E-state index contributed by atoms with van der Waals surface area (Å²) >= 11 is 7.79. The molecule has 0 aliphatic carbocycles. The molecule has 0 fully saturated rings. The molecule has 0 saturated heterocycles. The maximum atomic E-state index is 14.3. The molecule has 5 aromatic rings. The lowest BCUT2D eigenvalue weighted by atomic mass is 9.90. The van der Waals surface area contributed by atoms with Crippen molar-refractivity contribution in [3.8, 4) is 0 Å². The van der Waals surface area contributed by atoms with Crippen LogP contribution in [0.25, 0.3) is 10.2 Å². The van der Waals surface area contributed by atoms with E-state index in [9.17, 15) is 4.79 Å². The zero-order chi connectivity index (χ0) is 23.5. The summed E-state index contributed by atoms with van der Waals surface area (Å²) in [6.07, 6.45) is 3.48. The van der Waals surface area contributed by atoms with E-state index in [2.05, 4.69) is 4.98 Å². The van der Waals surface area contributed by atoms with E-state index in [0.29, 0.717) is 16.7 Å². The van der Waals surface area contributed by atoms with Crippen LogP contribution in [0, 0.1) is 6.92 Å². The van der Waals surface area contributed by atoms with Crippen molar-refractivity contribution in [2.45, 2.75) is 19.4 Å². The lowest BCUT2D eigenvalue weighted by Gasteiger charge is -2.26. The molecule has 168 valence electrons. The molecule has 0 saturated carbocycles. The highest BCUT2D eigenvalue weighted by Crippen LogP contribution is 2.36. The Kier molecular flexibility index (Phi) is 6.39. The standard InChI is InChI=1S/C28H22ClN3OS/c1-19-16-23(29)17-24-26(19)31-28(34-24)32(18-20-12-14-30-15-13-20)27(33)25(21-8-4-2-5-9-21)22-10-6-3-7-11-22/h2-17,25H,18H2,1H3. The summed E-state index contributed by atoms with van der Waals surface area (Å²) in [5.41, 5.74) is 4.73. The molecule has 0 radical (unpaired) electrons. The first-order valence-corrected chi connectivity index (χ1v) is 12.2. The Balaban J connectivity index is 1.64. The Morgan fingerprint density at radius 1 is 0.941 bits per heavy atom. The van der Waals surface area contributed by atoms with E-state index in [1.807, 2.05) is 91.9 Å². The second kappa shape index (κ2) is 9.75. The van der Waals surface area contributed by atoms with Gasteiger partial charge in [-0.15, -0.1) is 0 Å². The highest BCUT2D eigenvalue weighted by atomic mass is 35.5. The lowest BCUT2D eigenvalue weighted by molar-refractivity contribution is -0.119. The summed E-state index contributed by atoms with van der Waals surface area (Å²) in [7, 11) is 0. The molecule has 0 atom stereocenters. The van der Waals surface area contributed by atoms with Crippen molar-refractivity contribution >= 4 is 44.2 Å². The van der Waals surface area contributed by atoms with Crippen LogP contribution in [0.1, 0.15) is 28.2 Å². The smallest absolute Gasteiger partial charge is 0.241 e. The van der Waals surface area contributed by atoms with Crippen LogP contribution in [0.2, 0.25) is 5.02 Å². The van der Waals surface area contributed by atoms with Crippen molar-refractivity contribution in [3.63, 3.8) is 0 Å². The maximum absolute atomic E-state index is 14.3. The number of pyridine rings is 1. The molecule has 0 spiro atoms. The fraction of sp³-hybridized carbons (Fsp3) is 0.107. The maximum Gasteiger partial charge on any atom is 0.241 e. The molecule has 0 aliphatic rings. The molecule has 0 N–H and O–H groups in total. The van der Waals surface area contributed by atoms with E-state index in [1.54, 1.807) is 17.3 Å². The Morgan fingerprint density at radius 2 is 1.56 bits per heavy atom. The van der Waals surface area contributed by atoms with E-state index < -0.39 is 5.92 Å². The normalized spacial score (nSPS) is 11.1. The average Bonchev–Trinajstić information content (AvgIpc) is 3.29. The number of aromatic nitrogens is 2. The topological polar surface area (TPSA) is 46.1 Å². The minimum absolute atomic E-state index is 0.0305. The van der Waals surface area contributed by atoms with Gasteiger partial charge in [-0.3, -0.25) is 14.7 Å². The van der Waals surface area contributed by atoms with Crippen molar-refractivity contribution in [1.29, 1.82) is 0 Å². The van der Waals surface area contributed by atoms with Gasteiger partial charge in [0.25, 0.3) is 0 Å². The van der Waals surface area contributed by atoms with Crippen molar-refractivity contribution in [2.75, 3.05) is 4.90 Å². The van der Waals surface area contributed by atoms with Gasteiger partial charge < -0.3 is 0 Å². The molecule has 34 heavy (non-hydrogen) atoms. The monoisotopic (exact) mass is 483 g/mol. The summed E-state index contributed by atoms with van der Waals surface area (Å²) in [5.74, 6) is -0.488. The predicted octanol–water partition coefficient (Wildman–Crippen LogP) is 7.02. The number of carbonyl (C=O) groups excluding carboxylic acids is 1. The number of halogens is 1. The number of hydrogen-bond acceptors (Lipinski definition) is 4. The number of hydrogen-bond donors (Lipinski definition) is 0. The largest absolute Gasteiger partial charge is 0.283 e. The van der Waals surface area contributed by atoms with Crippen LogP contribution in [-0.2, 0) is 11.3 Å². The van der Waals surface area contributed by atoms with Gasteiger partial charge in [0.15, 0.2) is 5.13 Å². The third kappa shape index (κ3) is 4.58. The first kappa shape index (κ1) is 22.3. The molecule has 1 amide bonds. The van der Waals surface area contributed by atoms with Gasteiger partial charge in [-0.05, 0) is 53.4 Å². The zero-order valence-corrected chi connectivity index (χ0v) is 20.1. The molecule has 6 heteroatoms. The Hall–Kier alpha value is -3.54. The van der Waals surface area contributed by atoms with Gasteiger partial charge >= 0.3 is 0 Å². The number of rotatable bonds is 6. The van der Waals surface area contributed by atoms with E-state index in [-0.39, 0.29) is 5.91 Å². The molecule has 5 rings (SSSR count). The lowest BCUT2D eigenvalue weighted by Crippen LogP contribution is -2.35. The highest BCUT2D eigenvalue weighted by Gasteiger charge is 2.30. The number of fused-ring (bicyclic) bond motifs is 1. The summed E-state index contributed by atoms with van der Waals surface area (Å²) in [6.45, 7) is 2.38. The van der Waals surface area contributed by atoms with Gasteiger partial charge in [-0.2, -0.15) is 0 Å². The second-order valence-corrected chi connectivity index (χ2v) is 9.55. The number of aryl methyl sites for hydroxylation is 1. The van der Waals surface area contributed by atoms with Crippen molar-refractivity contribution in [2.24, 2.45) is 0 Å². The third-order valence-electron chi connectivity index (χ3n) is 5.74. The molecule has 2 heterocycles. The van der Waals surface area contributed by atoms with Gasteiger partial charge in [0.05, 0.1) is 22.7 Å². The number of nitrogens with zero attached hydrogens (tertiary/aromatic N) is 3. The highest BCUT2D eigenvalue weighted by molar-refractivity contribution is 7.22. The third-order valence-corrected chi connectivity index (χ3v) is 6.98. The molecular formula is C28H22ClN3OS. The fourth-order valence-electron chi connectivity index (χ4n) is 4.09. The van der Waals surface area contributed by atoms with E-state index in [1.165, 1.54) is 11.3 Å². The second-order valence-electron chi connectivity index (χ2n) is 8.10. The molecule has 0 unspecified atom stereocenters. The first-order valence-electron chi connectivity index (χ1n) is 11.0. The SMILES string of the molecule is Cc1cc(Cl)cc2sc(N(Cc3ccncc3)C(=O)C(c3ccccc3)c3ccccc3)nc12. The van der Waals surface area contributed by atoms with Crippen molar-refractivity contribution in [3.05, 3.63) is 125 Å². The average molecular weight is 484 g/mol. The molecule has 2 aromatic heterocycles. The van der Waals surface area contributed by atoms with Gasteiger partial charge in [0.1, 0.15) is 0 Å². The summed E-state index contributed by atoms with van der Waals surface area (Å²) in [4.78, 5) is 25.1. The number of amides is 1. The van der Waals surface area contributed by atoms with Crippen LogP contribution in [0.4, 0.5) is 5.13 Å². The zero-order valence-electron chi connectivity index (χ0n) is 18.6. The van der Waals surface area contributed by atoms with E-state index in [0.717, 1.165) is 32.5 Å². The quantitative estimate of drug-likeness (QED) is 0.261. The van der Waals surface area contributed by atoms with Crippen molar-refractivity contribution < 1.29 is 4.79 Å². The molecule has 0 bridgehead atoms. The fourth-order valence-corrected chi connectivity index (χ4v) is 5.52. The Bertz CT molecular complexity index is 1380. The Labute approximate surface area is 207 Å². The number of thiazole rings is 1. The van der Waals surface area contributed by atoms with E-state index >= 15 is 0 Å². The minimum atomic E-state index is -0.457. The van der Waals surface area contributed by atoms with Crippen LogP contribution in [0.15, 0.2) is 97.3 Å². The van der Waals surface area contributed by atoms with Crippen LogP contribution < -0.4 is 4.90 Å². The van der Waals surface area contributed by atoms with Crippen LogP contribution in [0.3, 0.4) is 0 Å². The van der Waals surface area contributed by atoms with Crippen molar-refractivity contribution in [1.82, 2.24) is 9.97 Å². The predicted molar refractivity (Wildman–Crippen MR) is 140 cm³/mol. The van der Waals surface area contributed by atoms with Gasteiger partial charge in [-0.1, -0.05) is 83.6 Å². The van der Waals surface area contributed by atoms with Crippen LogP contribution in [0.5, 0.6) is 0 Å². The molecule has 4 nitrogen and oxygen atoms in total. The first-order chi connectivity index (χ1) is 16.6. The van der Waals surface area contributed by atoms with Gasteiger partial charge in [0, 0.05) is 17.4 Å². The van der Waals surface area contributed by atoms with Crippen LogP contribution >= 0.6 is 22.9 Å². The summed E-state index contributed by atoms with van der Waals surface area (Å²) in [5, 5.41) is 1.32. The molecule has 3 aromatic carbocycles. The summed E-state index contributed by atoms with van der Waals surface area (Å²) < 4.78 is 0.962. The summed E-state index contributed by atoms with van der Waals surface area (Å²) in [6, 6.07) is 27.5. The molecule has 0 aliphatic heterocycles.